The van der Waals surface area contributed by atoms with Crippen molar-refractivity contribution in [2.75, 3.05) is 18.5 Å². The van der Waals surface area contributed by atoms with Crippen LogP contribution in [0, 0.1) is 0 Å². The number of rotatable bonds is 7. The second-order valence-corrected chi connectivity index (χ2v) is 5.27. The van der Waals surface area contributed by atoms with E-state index >= 15 is 0 Å². The zero-order valence-corrected chi connectivity index (χ0v) is 13.6. The molecular weight excluding hydrogens is 349 g/mol. The van der Waals surface area contributed by atoms with Crippen LogP contribution < -0.4 is 15.8 Å². The molecule has 0 fully saturated rings. The van der Waals surface area contributed by atoms with Crippen LogP contribution in [0.4, 0.5) is 18.9 Å². The van der Waals surface area contributed by atoms with Gasteiger partial charge in [0.15, 0.2) is 0 Å². The van der Waals surface area contributed by atoms with Crippen molar-refractivity contribution >= 4 is 23.7 Å². The minimum Gasteiger partial charge on any atom is -0.406 e. The van der Waals surface area contributed by atoms with E-state index in [4.69, 9.17) is 10.8 Å². The lowest BCUT2D eigenvalue weighted by Gasteiger charge is -2.10. The Labute approximate surface area is 147 Å². The highest BCUT2D eigenvalue weighted by molar-refractivity contribution is 5.94. The minimum absolute atomic E-state index is 0.0681. The Morgan fingerprint density at radius 2 is 1.85 bits per heavy atom. The van der Waals surface area contributed by atoms with Gasteiger partial charge < -0.3 is 20.9 Å². The van der Waals surface area contributed by atoms with E-state index < -0.39 is 12.3 Å². The molecule has 0 unspecified atom stereocenters. The van der Waals surface area contributed by atoms with Crippen LogP contribution in [0.15, 0.2) is 42.5 Å². The number of aliphatic hydroxyl groups excluding tert-OH is 1. The lowest BCUT2D eigenvalue weighted by molar-refractivity contribution is -0.274. The predicted molar refractivity (Wildman–Crippen MR) is 92.6 cm³/mol. The van der Waals surface area contributed by atoms with Gasteiger partial charge in [-0.1, -0.05) is 24.3 Å². The smallest absolute Gasteiger partial charge is 0.406 e. The summed E-state index contributed by atoms with van der Waals surface area (Å²) in [5, 5.41) is 11.9. The first-order chi connectivity index (χ1) is 12.3. The van der Waals surface area contributed by atoms with Crippen LogP contribution in [0.25, 0.3) is 12.2 Å². The number of nitrogens with one attached hydrogen (secondary N) is 1. The summed E-state index contributed by atoms with van der Waals surface area (Å²) in [6, 6.07) is 10.2. The molecule has 0 spiro atoms. The van der Waals surface area contributed by atoms with Gasteiger partial charge in [-0.2, -0.15) is 0 Å². The third kappa shape index (κ3) is 5.82. The number of hydrogen-bond acceptors (Lipinski definition) is 4. The molecule has 0 atom stereocenters. The number of alkyl halides is 3. The fraction of sp³-hybridized carbons (Fsp3) is 0.167. The van der Waals surface area contributed by atoms with Gasteiger partial charge in [0, 0.05) is 17.8 Å². The monoisotopic (exact) mass is 366 g/mol. The van der Waals surface area contributed by atoms with Gasteiger partial charge in [0.05, 0.1) is 6.61 Å². The minimum atomic E-state index is -4.74. The molecule has 138 valence electrons. The Kier molecular flexibility index (Phi) is 6.24. The molecular formula is C18H17F3N2O3. The molecule has 0 bridgehead atoms. The van der Waals surface area contributed by atoms with Gasteiger partial charge in [-0.25, -0.2) is 0 Å². The highest BCUT2D eigenvalue weighted by Crippen LogP contribution is 2.24. The van der Waals surface area contributed by atoms with E-state index in [1.54, 1.807) is 30.4 Å². The highest BCUT2D eigenvalue weighted by atomic mass is 19.4. The van der Waals surface area contributed by atoms with E-state index in [9.17, 15) is 18.0 Å². The van der Waals surface area contributed by atoms with Crippen molar-refractivity contribution in [3.05, 3.63) is 59.2 Å². The van der Waals surface area contributed by atoms with Gasteiger partial charge in [-0.05, 0) is 41.5 Å². The summed E-state index contributed by atoms with van der Waals surface area (Å²) < 4.78 is 40.3. The number of benzene rings is 2. The van der Waals surface area contributed by atoms with E-state index in [1.165, 1.54) is 24.3 Å². The van der Waals surface area contributed by atoms with Crippen LogP contribution in [0.3, 0.4) is 0 Å². The molecule has 0 aliphatic heterocycles. The molecule has 2 aromatic carbocycles. The molecule has 26 heavy (non-hydrogen) atoms. The van der Waals surface area contributed by atoms with E-state index in [0.717, 1.165) is 0 Å². The zero-order valence-electron chi connectivity index (χ0n) is 13.6. The summed E-state index contributed by atoms with van der Waals surface area (Å²) in [5.74, 6) is -0.891. The normalized spacial score (nSPS) is 11.5. The number of hydrogen-bond donors (Lipinski definition) is 3. The largest absolute Gasteiger partial charge is 0.573 e. The summed E-state index contributed by atoms with van der Waals surface area (Å²) >= 11 is 0. The molecule has 1 amide bonds. The molecule has 5 nitrogen and oxygen atoms in total. The van der Waals surface area contributed by atoms with Gasteiger partial charge in [0.1, 0.15) is 5.75 Å². The number of carbonyl (C=O) groups excluding carboxylic acids is 1. The topological polar surface area (TPSA) is 84.6 Å². The molecule has 8 heteroatoms. The molecule has 0 heterocycles. The summed E-state index contributed by atoms with van der Waals surface area (Å²) in [6.07, 6.45) is -1.38. The molecule has 0 saturated heterocycles. The molecule has 4 N–H and O–H groups in total. The number of halogens is 3. The number of aliphatic hydroxyl groups is 1. The van der Waals surface area contributed by atoms with E-state index in [2.05, 4.69) is 10.1 Å². The molecule has 0 radical (unpaired) electrons. The van der Waals surface area contributed by atoms with Gasteiger partial charge in [0.2, 0.25) is 5.91 Å². The quantitative estimate of drug-likeness (QED) is 0.657. The molecule has 0 aliphatic carbocycles. The maximum atomic E-state index is 12.2. The van der Waals surface area contributed by atoms with Crippen LogP contribution in [0.5, 0.6) is 5.75 Å². The molecule has 0 aliphatic rings. The molecule has 0 aromatic heterocycles. The van der Waals surface area contributed by atoms with Crippen LogP contribution in [-0.2, 0) is 0 Å². The fourth-order valence-corrected chi connectivity index (χ4v) is 2.17. The van der Waals surface area contributed by atoms with Crippen molar-refractivity contribution in [2.24, 2.45) is 5.73 Å². The molecule has 0 saturated carbocycles. The number of nitrogens with two attached hydrogens (primary N) is 1. The summed E-state index contributed by atoms with van der Waals surface area (Å²) in [7, 11) is 0. The molecule has 2 aromatic rings. The molecule has 2 rings (SSSR count). The van der Waals surface area contributed by atoms with E-state index in [0.29, 0.717) is 28.9 Å². The summed E-state index contributed by atoms with van der Waals surface area (Å²) in [6.45, 7) is 0.252. The van der Waals surface area contributed by atoms with E-state index in [-0.39, 0.29) is 12.4 Å². The second-order valence-electron chi connectivity index (χ2n) is 5.27. The Morgan fingerprint density at radius 1 is 1.15 bits per heavy atom. The van der Waals surface area contributed by atoms with Crippen LogP contribution in [0.1, 0.15) is 21.5 Å². The van der Waals surface area contributed by atoms with E-state index in [1.807, 2.05) is 0 Å². The standard InChI is InChI=1S/C18H17F3N2O3/c19-18(20,21)26-15-6-2-12(3-7-15)1-4-13-11-14(17(22)25)5-8-16(13)23-9-10-24/h1-8,11,23-24H,9-10H2,(H2,22,25)/b4-1+. The highest BCUT2D eigenvalue weighted by Gasteiger charge is 2.30. The Balaban J connectivity index is 2.22. The van der Waals surface area contributed by atoms with Crippen molar-refractivity contribution in [1.82, 2.24) is 0 Å². The van der Waals surface area contributed by atoms with Crippen LogP contribution in [-0.4, -0.2) is 30.5 Å². The van der Waals surface area contributed by atoms with Gasteiger partial charge in [0.25, 0.3) is 0 Å². The van der Waals surface area contributed by atoms with Crippen molar-refractivity contribution < 1.29 is 27.8 Å². The maximum absolute atomic E-state index is 12.2. The van der Waals surface area contributed by atoms with Crippen molar-refractivity contribution in [2.45, 2.75) is 6.36 Å². The Bertz CT molecular complexity index is 787. The van der Waals surface area contributed by atoms with Crippen molar-refractivity contribution in [3.63, 3.8) is 0 Å². The number of anilines is 1. The van der Waals surface area contributed by atoms with Crippen molar-refractivity contribution in [3.8, 4) is 5.75 Å². The van der Waals surface area contributed by atoms with Crippen LogP contribution >= 0.6 is 0 Å². The average Bonchev–Trinajstić information content (AvgIpc) is 2.58. The maximum Gasteiger partial charge on any atom is 0.573 e. The Morgan fingerprint density at radius 3 is 2.42 bits per heavy atom. The number of carbonyl (C=O) groups is 1. The third-order valence-corrected chi connectivity index (χ3v) is 3.33. The first kappa shape index (κ1) is 19.3. The van der Waals surface area contributed by atoms with Crippen molar-refractivity contribution in [1.29, 1.82) is 0 Å². The lowest BCUT2D eigenvalue weighted by atomic mass is 10.1. The van der Waals surface area contributed by atoms with Gasteiger partial charge in [-0.3, -0.25) is 4.79 Å². The number of ether oxygens (including phenoxy) is 1. The van der Waals surface area contributed by atoms with Gasteiger partial charge in [-0.15, -0.1) is 13.2 Å². The first-order valence-electron chi connectivity index (χ1n) is 7.61. The summed E-state index contributed by atoms with van der Waals surface area (Å²) in [4.78, 5) is 11.3. The fourth-order valence-electron chi connectivity index (χ4n) is 2.17. The predicted octanol–water partition coefficient (Wildman–Crippen LogP) is 3.26. The number of primary amides is 1. The first-order valence-corrected chi connectivity index (χ1v) is 7.61. The second kappa shape index (κ2) is 8.39. The average molecular weight is 366 g/mol. The number of amides is 1. The van der Waals surface area contributed by atoms with Gasteiger partial charge >= 0.3 is 6.36 Å². The lowest BCUT2D eigenvalue weighted by Crippen LogP contribution is -2.16. The van der Waals surface area contributed by atoms with Crippen LogP contribution in [0.2, 0.25) is 0 Å². The Hall–Kier alpha value is -3.00. The summed E-state index contributed by atoms with van der Waals surface area (Å²) in [5.41, 5.74) is 7.55. The SMILES string of the molecule is NC(=O)c1ccc(NCCO)c(/C=C/c2ccc(OC(F)(F)F)cc2)c1. The zero-order chi connectivity index (χ0) is 19.2. The third-order valence-electron chi connectivity index (χ3n) is 3.33.